The number of carbonyl (C=O) groups excluding carboxylic acids is 1. The topological polar surface area (TPSA) is 42.0 Å². The highest BCUT2D eigenvalue weighted by Gasteiger charge is 2.52. The maximum absolute atomic E-state index is 13.3. The predicted octanol–water partition coefficient (Wildman–Crippen LogP) is 2.72. The number of carbonyl (C=O) groups is 1. The monoisotopic (exact) mass is 358 g/mol. The van der Waals surface area contributed by atoms with Gasteiger partial charge in [0.25, 0.3) is 0 Å². The van der Waals surface area contributed by atoms with Crippen molar-refractivity contribution < 1.29 is 14.3 Å². The lowest BCUT2D eigenvalue weighted by Gasteiger charge is -2.34. The number of likely N-dealkylation sites (tertiary alicyclic amines) is 1. The molecule has 1 aromatic rings. The largest absolute Gasteiger partial charge is 0.493 e. The van der Waals surface area contributed by atoms with E-state index in [0.717, 1.165) is 63.4 Å². The molecule has 0 N–H and O–H groups in total. The number of ether oxygens (including phenoxy) is 2. The Bertz CT molecular complexity index is 665. The Morgan fingerprint density at radius 2 is 1.85 bits per heavy atom. The zero-order valence-corrected chi connectivity index (χ0v) is 16.0. The molecule has 0 saturated carbocycles. The van der Waals surface area contributed by atoms with Gasteiger partial charge >= 0.3 is 0 Å². The maximum Gasteiger partial charge on any atom is 0.243 e. The van der Waals surface area contributed by atoms with E-state index in [1.807, 2.05) is 6.07 Å². The highest BCUT2D eigenvalue weighted by Crippen LogP contribution is 2.41. The Labute approximate surface area is 156 Å². The Morgan fingerprint density at radius 3 is 2.54 bits per heavy atom. The average molecular weight is 358 g/mol. The third kappa shape index (κ3) is 2.96. The third-order valence-corrected chi connectivity index (χ3v) is 6.59. The van der Waals surface area contributed by atoms with Gasteiger partial charge in [0.2, 0.25) is 5.91 Å². The average Bonchev–Trinajstić information content (AvgIpc) is 3.36. The quantitative estimate of drug-likeness (QED) is 0.812. The smallest absolute Gasteiger partial charge is 0.243 e. The summed E-state index contributed by atoms with van der Waals surface area (Å²) in [6, 6.07) is 6.15. The molecule has 26 heavy (non-hydrogen) atoms. The Balaban J connectivity index is 1.40. The number of fused-ring (bicyclic) bond motifs is 1. The summed E-state index contributed by atoms with van der Waals surface area (Å²) in [6.45, 7) is 4.01. The fraction of sp³-hybridized carbons (Fsp3) is 0.667. The van der Waals surface area contributed by atoms with E-state index in [0.29, 0.717) is 11.8 Å². The van der Waals surface area contributed by atoms with Crippen LogP contribution in [0.2, 0.25) is 0 Å². The first-order valence-electron chi connectivity index (χ1n) is 9.91. The van der Waals surface area contributed by atoms with Crippen LogP contribution in [0.5, 0.6) is 11.5 Å². The third-order valence-electron chi connectivity index (χ3n) is 6.59. The normalized spacial score (nSPS) is 24.7. The van der Waals surface area contributed by atoms with Crippen LogP contribution in [-0.2, 0) is 11.2 Å². The second kappa shape index (κ2) is 7.10. The molecule has 3 aliphatic heterocycles. The molecule has 1 atom stereocenters. The van der Waals surface area contributed by atoms with E-state index < -0.39 is 0 Å². The van der Waals surface area contributed by atoms with Crippen molar-refractivity contribution >= 4 is 5.91 Å². The number of amides is 1. The summed E-state index contributed by atoms with van der Waals surface area (Å²) in [5.74, 6) is 2.48. The van der Waals surface area contributed by atoms with Gasteiger partial charge in [-0.15, -0.1) is 0 Å². The molecule has 0 aliphatic carbocycles. The molecule has 4 rings (SSSR count). The Morgan fingerprint density at radius 1 is 1.12 bits per heavy atom. The van der Waals surface area contributed by atoms with Gasteiger partial charge in [-0.3, -0.25) is 9.69 Å². The van der Waals surface area contributed by atoms with E-state index in [2.05, 4.69) is 21.9 Å². The summed E-state index contributed by atoms with van der Waals surface area (Å²) < 4.78 is 10.7. The molecule has 1 amide bonds. The van der Waals surface area contributed by atoms with Gasteiger partial charge in [0.05, 0.1) is 14.2 Å². The fourth-order valence-electron chi connectivity index (χ4n) is 5.27. The highest BCUT2D eigenvalue weighted by atomic mass is 16.5. The van der Waals surface area contributed by atoms with Gasteiger partial charge in [0.1, 0.15) is 5.54 Å². The van der Waals surface area contributed by atoms with Crippen LogP contribution in [0.15, 0.2) is 18.2 Å². The van der Waals surface area contributed by atoms with Crippen LogP contribution in [0.1, 0.15) is 37.7 Å². The summed E-state index contributed by atoms with van der Waals surface area (Å²) in [5, 5.41) is 0. The maximum atomic E-state index is 13.3. The molecular weight excluding hydrogens is 328 g/mol. The molecule has 3 heterocycles. The van der Waals surface area contributed by atoms with E-state index in [1.165, 1.54) is 18.4 Å². The van der Waals surface area contributed by atoms with Crippen molar-refractivity contribution in [1.29, 1.82) is 0 Å². The molecule has 1 aromatic carbocycles. The summed E-state index contributed by atoms with van der Waals surface area (Å²) in [7, 11) is 3.33. The van der Waals surface area contributed by atoms with Crippen LogP contribution < -0.4 is 9.47 Å². The molecular formula is C21H30N2O3. The van der Waals surface area contributed by atoms with E-state index in [-0.39, 0.29) is 5.54 Å². The van der Waals surface area contributed by atoms with Crippen molar-refractivity contribution in [3.8, 4) is 11.5 Å². The molecule has 0 bridgehead atoms. The zero-order valence-electron chi connectivity index (χ0n) is 16.0. The minimum atomic E-state index is -0.155. The summed E-state index contributed by atoms with van der Waals surface area (Å²) >= 11 is 0. The van der Waals surface area contributed by atoms with Crippen LogP contribution in [-0.4, -0.2) is 61.6 Å². The van der Waals surface area contributed by atoms with Crippen LogP contribution in [0.25, 0.3) is 0 Å². The van der Waals surface area contributed by atoms with Gasteiger partial charge in [0.15, 0.2) is 11.5 Å². The first kappa shape index (κ1) is 17.7. The molecule has 1 unspecified atom stereocenters. The molecule has 0 aromatic heterocycles. The zero-order chi connectivity index (χ0) is 18.1. The minimum absolute atomic E-state index is 0.155. The Hall–Kier alpha value is -1.75. The molecule has 3 saturated heterocycles. The first-order chi connectivity index (χ1) is 12.7. The lowest BCUT2D eigenvalue weighted by atomic mass is 9.92. The summed E-state index contributed by atoms with van der Waals surface area (Å²) in [6.07, 6.45) is 6.55. The van der Waals surface area contributed by atoms with Crippen molar-refractivity contribution in [3.05, 3.63) is 23.8 Å². The van der Waals surface area contributed by atoms with Gasteiger partial charge in [-0.05, 0) is 75.2 Å². The van der Waals surface area contributed by atoms with E-state index in [9.17, 15) is 4.79 Å². The molecule has 0 radical (unpaired) electrons. The van der Waals surface area contributed by atoms with Crippen LogP contribution in [0.3, 0.4) is 0 Å². The SMILES string of the molecule is COc1ccc(CC2CCN(C(=O)C34CCCN3CCC4)C2)cc1OC. The number of hydrogen-bond acceptors (Lipinski definition) is 4. The van der Waals surface area contributed by atoms with Crippen molar-refractivity contribution in [1.82, 2.24) is 9.80 Å². The number of benzene rings is 1. The van der Waals surface area contributed by atoms with Crippen LogP contribution in [0, 0.1) is 5.92 Å². The summed E-state index contributed by atoms with van der Waals surface area (Å²) in [4.78, 5) is 17.9. The van der Waals surface area contributed by atoms with Crippen molar-refractivity contribution in [3.63, 3.8) is 0 Å². The number of methoxy groups -OCH3 is 2. The molecule has 3 aliphatic rings. The molecule has 5 nitrogen and oxygen atoms in total. The van der Waals surface area contributed by atoms with Crippen molar-refractivity contribution in [2.75, 3.05) is 40.4 Å². The second-order valence-electron chi connectivity index (χ2n) is 8.03. The van der Waals surface area contributed by atoms with Gasteiger partial charge in [0, 0.05) is 13.1 Å². The predicted molar refractivity (Wildman–Crippen MR) is 101 cm³/mol. The standard InChI is InChI=1S/C21H30N2O3/c1-25-18-6-5-16(14-19(18)26-2)13-17-7-12-22(15-17)20(24)21-8-3-10-23(21)11-4-9-21/h5-6,14,17H,3-4,7-13,15H2,1-2H3. The lowest BCUT2D eigenvalue weighted by molar-refractivity contribution is -0.140. The first-order valence-corrected chi connectivity index (χ1v) is 9.91. The second-order valence-corrected chi connectivity index (χ2v) is 8.03. The fourth-order valence-corrected chi connectivity index (χ4v) is 5.27. The minimum Gasteiger partial charge on any atom is -0.493 e. The van der Waals surface area contributed by atoms with E-state index in [1.54, 1.807) is 14.2 Å². The summed E-state index contributed by atoms with van der Waals surface area (Å²) in [5.41, 5.74) is 1.10. The lowest BCUT2D eigenvalue weighted by Crippen LogP contribution is -2.52. The number of nitrogens with zero attached hydrogens (tertiary/aromatic N) is 2. The van der Waals surface area contributed by atoms with Crippen LogP contribution >= 0.6 is 0 Å². The van der Waals surface area contributed by atoms with E-state index >= 15 is 0 Å². The van der Waals surface area contributed by atoms with Crippen LogP contribution in [0.4, 0.5) is 0 Å². The van der Waals surface area contributed by atoms with Gasteiger partial charge in [-0.2, -0.15) is 0 Å². The molecule has 3 fully saturated rings. The molecule has 5 heteroatoms. The van der Waals surface area contributed by atoms with Crippen molar-refractivity contribution in [2.45, 2.75) is 44.1 Å². The van der Waals surface area contributed by atoms with E-state index in [4.69, 9.17) is 9.47 Å². The Kier molecular flexibility index (Phi) is 4.82. The van der Waals surface area contributed by atoms with Gasteiger partial charge in [-0.25, -0.2) is 0 Å². The van der Waals surface area contributed by atoms with Gasteiger partial charge in [-0.1, -0.05) is 6.07 Å². The number of rotatable bonds is 5. The molecule has 0 spiro atoms. The van der Waals surface area contributed by atoms with Gasteiger partial charge < -0.3 is 14.4 Å². The van der Waals surface area contributed by atoms with Crippen molar-refractivity contribution in [2.24, 2.45) is 5.92 Å². The molecule has 142 valence electrons. The highest BCUT2D eigenvalue weighted by molar-refractivity contribution is 5.87. The number of hydrogen-bond donors (Lipinski definition) is 0.